The fraction of sp³-hybridized carbons (Fsp3) is 0.143. The number of nitrogens with zero attached hydrogens (tertiary/aromatic N) is 2. The Labute approximate surface area is 155 Å². The Hall–Kier alpha value is -3.54. The van der Waals surface area contributed by atoms with Gasteiger partial charge in [-0.15, -0.1) is 0 Å². The third-order valence-electron chi connectivity index (χ3n) is 4.77. The minimum atomic E-state index is -0.216. The van der Waals surface area contributed by atoms with Gasteiger partial charge >= 0.3 is 0 Å². The highest BCUT2D eigenvalue weighted by Crippen LogP contribution is 2.20. The van der Waals surface area contributed by atoms with Gasteiger partial charge in [0.15, 0.2) is 0 Å². The predicted molar refractivity (Wildman–Crippen MR) is 106 cm³/mol. The number of hydrogen-bond acceptors (Lipinski definition) is 3. The van der Waals surface area contributed by atoms with Crippen LogP contribution in [0.25, 0.3) is 22.3 Å². The summed E-state index contributed by atoms with van der Waals surface area (Å²) in [5.41, 5.74) is 3.08. The predicted octanol–water partition coefficient (Wildman–Crippen LogP) is 3.10. The van der Waals surface area contributed by atoms with Gasteiger partial charge in [-0.25, -0.2) is 4.68 Å². The van der Waals surface area contributed by atoms with Crippen molar-refractivity contribution in [2.75, 3.05) is 7.11 Å². The zero-order chi connectivity index (χ0) is 19.1. The first-order valence-corrected chi connectivity index (χ1v) is 8.59. The van der Waals surface area contributed by atoms with E-state index < -0.39 is 0 Å². The van der Waals surface area contributed by atoms with Crippen LogP contribution in [0.15, 0.2) is 64.2 Å². The van der Waals surface area contributed by atoms with E-state index in [4.69, 9.17) is 4.74 Å². The van der Waals surface area contributed by atoms with Crippen molar-refractivity contribution in [3.8, 4) is 17.1 Å². The first-order chi connectivity index (χ1) is 13.0. The van der Waals surface area contributed by atoms with Crippen LogP contribution < -0.4 is 15.9 Å². The number of pyridine rings is 1. The van der Waals surface area contributed by atoms with E-state index in [2.05, 4.69) is 5.10 Å². The van der Waals surface area contributed by atoms with Gasteiger partial charge in [0.25, 0.3) is 11.1 Å². The number of ether oxygens (including phenoxy) is 1. The average Bonchev–Trinajstić information content (AvgIpc) is 2.98. The first kappa shape index (κ1) is 16.9. The molecule has 0 saturated carbocycles. The Balaban J connectivity index is 2.02. The molecule has 0 aliphatic rings. The lowest BCUT2D eigenvalue weighted by atomic mass is 10.2. The SMILES string of the molecule is COc1cccc(-n2c(C)c3c(=O)n(-c4ccccc4C)[nH]c3cc2=O)c1. The van der Waals surface area contributed by atoms with Crippen molar-refractivity contribution < 1.29 is 4.74 Å². The number of H-pyrrole nitrogens is 1. The van der Waals surface area contributed by atoms with Crippen LogP contribution in [0.1, 0.15) is 11.3 Å². The molecule has 2 aromatic carbocycles. The highest BCUT2D eigenvalue weighted by atomic mass is 16.5. The Bertz CT molecular complexity index is 1280. The number of benzene rings is 2. The molecule has 2 aromatic heterocycles. The second kappa shape index (κ2) is 6.32. The smallest absolute Gasteiger partial charge is 0.280 e. The van der Waals surface area contributed by atoms with Crippen molar-refractivity contribution in [3.05, 3.63) is 86.6 Å². The summed E-state index contributed by atoms with van der Waals surface area (Å²) < 4.78 is 8.27. The molecule has 2 heterocycles. The first-order valence-electron chi connectivity index (χ1n) is 8.59. The largest absolute Gasteiger partial charge is 0.497 e. The number of fused-ring (bicyclic) bond motifs is 1. The van der Waals surface area contributed by atoms with Crippen molar-refractivity contribution in [1.82, 2.24) is 14.3 Å². The van der Waals surface area contributed by atoms with Gasteiger partial charge in [-0.2, -0.15) is 0 Å². The Morgan fingerprint density at radius 2 is 1.74 bits per heavy atom. The van der Waals surface area contributed by atoms with Crippen LogP contribution in [-0.4, -0.2) is 21.5 Å². The molecular formula is C21H19N3O3. The number of aryl methyl sites for hydroxylation is 2. The molecule has 0 aliphatic heterocycles. The van der Waals surface area contributed by atoms with Crippen molar-refractivity contribution in [1.29, 1.82) is 0 Å². The standard InChI is InChI=1S/C21H19N3O3/c1-13-7-4-5-10-18(13)24-21(26)20-14(2)23(19(25)12-17(20)22-24)15-8-6-9-16(11-15)27-3/h4-12,22H,1-3H3. The van der Waals surface area contributed by atoms with E-state index in [9.17, 15) is 9.59 Å². The molecule has 136 valence electrons. The molecule has 6 nitrogen and oxygen atoms in total. The van der Waals surface area contributed by atoms with Gasteiger partial charge in [0, 0.05) is 17.8 Å². The van der Waals surface area contributed by atoms with Gasteiger partial charge in [-0.1, -0.05) is 24.3 Å². The van der Waals surface area contributed by atoms with Gasteiger partial charge in [0.05, 0.1) is 29.4 Å². The number of aromatic amines is 1. The second-order valence-corrected chi connectivity index (χ2v) is 6.43. The van der Waals surface area contributed by atoms with Crippen LogP contribution in [-0.2, 0) is 0 Å². The normalized spacial score (nSPS) is 11.1. The molecule has 0 aliphatic carbocycles. The van der Waals surface area contributed by atoms with Crippen LogP contribution in [0.5, 0.6) is 5.75 Å². The Kier molecular flexibility index (Phi) is 3.96. The van der Waals surface area contributed by atoms with E-state index in [0.717, 1.165) is 11.3 Å². The van der Waals surface area contributed by atoms with Crippen LogP contribution in [0, 0.1) is 13.8 Å². The molecule has 0 amide bonds. The quantitative estimate of drug-likeness (QED) is 0.610. The molecular weight excluding hydrogens is 342 g/mol. The molecule has 4 aromatic rings. The van der Waals surface area contributed by atoms with Crippen LogP contribution in [0.3, 0.4) is 0 Å². The monoisotopic (exact) mass is 361 g/mol. The maximum atomic E-state index is 13.1. The number of rotatable bonds is 3. The zero-order valence-corrected chi connectivity index (χ0v) is 15.3. The highest BCUT2D eigenvalue weighted by molar-refractivity contribution is 5.81. The molecule has 0 saturated heterocycles. The minimum absolute atomic E-state index is 0.187. The topological polar surface area (TPSA) is 69.0 Å². The molecule has 0 spiro atoms. The molecule has 0 bridgehead atoms. The lowest BCUT2D eigenvalue weighted by Crippen LogP contribution is -2.22. The van der Waals surface area contributed by atoms with E-state index in [1.54, 1.807) is 20.1 Å². The molecule has 27 heavy (non-hydrogen) atoms. The van der Waals surface area contributed by atoms with Gasteiger partial charge in [0.2, 0.25) is 0 Å². The van der Waals surface area contributed by atoms with Crippen LogP contribution >= 0.6 is 0 Å². The van der Waals surface area contributed by atoms with E-state index >= 15 is 0 Å². The summed E-state index contributed by atoms with van der Waals surface area (Å²) in [4.78, 5) is 25.9. The van der Waals surface area contributed by atoms with Crippen LogP contribution in [0.4, 0.5) is 0 Å². The Morgan fingerprint density at radius 1 is 0.963 bits per heavy atom. The molecule has 0 unspecified atom stereocenters. The number of para-hydroxylation sites is 1. The molecule has 1 N–H and O–H groups in total. The number of aromatic nitrogens is 3. The minimum Gasteiger partial charge on any atom is -0.497 e. The molecule has 0 atom stereocenters. The molecule has 6 heteroatoms. The summed E-state index contributed by atoms with van der Waals surface area (Å²) in [5.74, 6) is 0.644. The van der Waals surface area contributed by atoms with Gasteiger partial charge in [-0.3, -0.25) is 19.3 Å². The molecule has 0 radical (unpaired) electrons. The van der Waals surface area contributed by atoms with Gasteiger partial charge in [-0.05, 0) is 37.6 Å². The van der Waals surface area contributed by atoms with E-state index in [1.165, 1.54) is 15.3 Å². The maximum Gasteiger partial charge on any atom is 0.280 e. The van der Waals surface area contributed by atoms with E-state index in [0.29, 0.717) is 28.0 Å². The highest BCUT2D eigenvalue weighted by Gasteiger charge is 2.17. The van der Waals surface area contributed by atoms with Crippen molar-refractivity contribution in [2.45, 2.75) is 13.8 Å². The zero-order valence-electron chi connectivity index (χ0n) is 15.3. The van der Waals surface area contributed by atoms with Gasteiger partial charge in [0.1, 0.15) is 5.75 Å². The third-order valence-corrected chi connectivity index (χ3v) is 4.77. The van der Waals surface area contributed by atoms with Crippen molar-refractivity contribution >= 4 is 10.9 Å². The summed E-state index contributed by atoms with van der Waals surface area (Å²) >= 11 is 0. The summed E-state index contributed by atoms with van der Waals surface area (Å²) in [7, 11) is 1.57. The second-order valence-electron chi connectivity index (χ2n) is 6.43. The summed E-state index contributed by atoms with van der Waals surface area (Å²) in [5, 5.41) is 3.56. The average molecular weight is 361 g/mol. The van der Waals surface area contributed by atoms with Gasteiger partial charge < -0.3 is 4.74 Å². The summed E-state index contributed by atoms with van der Waals surface area (Å²) in [6, 6.07) is 16.3. The Morgan fingerprint density at radius 3 is 2.48 bits per heavy atom. The van der Waals surface area contributed by atoms with E-state index in [-0.39, 0.29) is 11.1 Å². The lowest BCUT2D eigenvalue weighted by molar-refractivity contribution is 0.414. The fourth-order valence-electron chi connectivity index (χ4n) is 3.43. The molecule has 4 rings (SSSR count). The number of nitrogens with one attached hydrogen (secondary N) is 1. The number of hydrogen-bond donors (Lipinski definition) is 1. The maximum absolute atomic E-state index is 13.1. The van der Waals surface area contributed by atoms with Crippen LogP contribution in [0.2, 0.25) is 0 Å². The summed E-state index contributed by atoms with van der Waals surface area (Å²) in [6.45, 7) is 3.72. The fourth-order valence-corrected chi connectivity index (χ4v) is 3.43. The molecule has 0 fully saturated rings. The summed E-state index contributed by atoms with van der Waals surface area (Å²) in [6.07, 6.45) is 0. The third kappa shape index (κ3) is 2.66. The number of methoxy groups -OCH3 is 1. The lowest BCUT2D eigenvalue weighted by Gasteiger charge is -2.11. The van der Waals surface area contributed by atoms with Crippen molar-refractivity contribution in [3.63, 3.8) is 0 Å². The van der Waals surface area contributed by atoms with E-state index in [1.807, 2.05) is 49.4 Å². The van der Waals surface area contributed by atoms with Crippen molar-refractivity contribution in [2.24, 2.45) is 0 Å².